The molecule has 0 bridgehead atoms. The third kappa shape index (κ3) is 3.67. The summed E-state index contributed by atoms with van der Waals surface area (Å²) in [4.78, 5) is 21.9. The Kier molecular flexibility index (Phi) is 4.33. The molecule has 0 spiro atoms. The van der Waals surface area contributed by atoms with Crippen molar-refractivity contribution in [1.82, 2.24) is 5.32 Å². The van der Waals surface area contributed by atoms with E-state index in [1.807, 2.05) is 6.92 Å². The monoisotopic (exact) mass is 238 g/mol. The van der Waals surface area contributed by atoms with E-state index in [2.05, 4.69) is 10.6 Å². The average Bonchev–Trinajstić information content (AvgIpc) is 2.28. The topological polar surface area (TPSA) is 98.7 Å². The maximum absolute atomic E-state index is 11.3. The van der Waals surface area contributed by atoms with Crippen molar-refractivity contribution >= 4 is 17.7 Å². The van der Waals surface area contributed by atoms with Gasteiger partial charge >= 0.3 is 12.0 Å². The molecule has 0 aliphatic heterocycles. The van der Waals surface area contributed by atoms with Crippen LogP contribution in [0.2, 0.25) is 0 Å². The molecule has 0 fully saturated rings. The maximum atomic E-state index is 11.3. The summed E-state index contributed by atoms with van der Waals surface area (Å²) in [7, 11) is 0. The van der Waals surface area contributed by atoms with E-state index in [9.17, 15) is 14.7 Å². The lowest BCUT2D eigenvalue weighted by molar-refractivity contribution is 0.0696. The fourth-order valence-electron chi connectivity index (χ4n) is 1.18. The zero-order valence-corrected chi connectivity index (χ0v) is 9.36. The van der Waals surface area contributed by atoms with Gasteiger partial charge in [-0.25, -0.2) is 9.59 Å². The molecule has 0 heterocycles. The van der Waals surface area contributed by atoms with E-state index in [1.54, 1.807) is 0 Å². The van der Waals surface area contributed by atoms with Crippen molar-refractivity contribution in [2.75, 3.05) is 11.9 Å². The number of carbonyl (C=O) groups is 2. The number of anilines is 1. The highest BCUT2D eigenvalue weighted by molar-refractivity contribution is 5.93. The lowest BCUT2D eigenvalue weighted by Gasteiger charge is -2.08. The minimum Gasteiger partial charge on any atom is -0.506 e. The quantitative estimate of drug-likeness (QED) is 0.599. The van der Waals surface area contributed by atoms with E-state index in [0.29, 0.717) is 6.54 Å². The van der Waals surface area contributed by atoms with Gasteiger partial charge in [0.2, 0.25) is 0 Å². The Bertz CT molecular complexity index is 431. The van der Waals surface area contributed by atoms with Crippen molar-refractivity contribution in [3.8, 4) is 5.75 Å². The predicted octanol–water partition coefficient (Wildman–Crippen LogP) is 1.62. The van der Waals surface area contributed by atoms with Crippen LogP contribution in [0, 0.1) is 0 Å². The number of nitrogens with one attached hydrogen (secondary N) is 2. The van der Waals surface area contributed by atoms with Crippen molar-refractivity contribution in [1.29, 1.82) is 0 Å². The lowest BCUT2D eigenvalue weighted by atomic mass is 10.2. The second-order valence-corrected chi connectivity index (χ2v) is 3.42. The van der Waals surface area contributed by atoms with Gasteiger partial charge in [-0.1, -0.05) is 6.92 Å². The zero-order chi connectivity index (χ0) is 12.8. The summed E-state index contributed by atoms with van der Waals surface area (Å²) < 4.78 is 0. The summed E-state index contributed by atoms with van der Waals surface area (Å²) in [6, 6.07) is 3.28. The summed E-state index contributed by atoms with van der Waals surface area (Å²) >= 11 is 0. The first-order valence-corrected chi connectivity index (χ1v) is 5.15. The zero-order valence-electron chi connectivity index (χ0n) is 9.36. The van der Waals surface area contributed by atoms with Crippen LogP contribution >= 0.6 is 0 Å². The van der Waals surface area contributed by atoms with Crippen molar-refractivity contribution < 1.29 is 19.8 Å². The number of hydrogen-bond donors (Lipinski definition) is 4. The van der Waals surface area contributed by atoms with Crippen molar-refractivity contribution in [2.45, 2.75) is 13.3 Å². The SMILES string of the molecule is CCCNC(=O)Nc1ccc(C(=O)O)cc1O. The number of urea groups is 1. The molecular formula is C11H14N2O4. The summed E-state index contributed by atoms with van der Waals surface area (Å²) in [5.74, 6) is -1.42. The van der Waals surface area contributed by atoms with Crippen LogP contribution in [0.1, 0.15) is 23.7 Å². The predicted molar refractivity (Wildman–Crippen MR) is 62.4 cm³/mol. The van der Waals surface area contributed by atoms with E-state index < -0.39 is 12.0 Å². The Morgan fingerprint density at radius 1 is 1.35 bits per heavy atom. The smallest absolute Gasteiger partial charge is 0.335 e. The van der Waals surface area contributed by atoms with Crippen molar-refractivity contribution in [3.05, 3.63) is 23.8 Å². The molecule has 17 heavy (non-hydrogen) atoms. The molecular weight excluding hydrogens is 224 g/mol. The van der Waals surface area contributed by atoms with Crippen LogP contribution in [0.3, 0.4) is 0 Å². The molecule has 0 radical (unpaired) electrons. The second-order valence-electron chi connectivity index (χ2n) is 3.42. The van der Waals surface area contributed by atoms with E-state index in [-0.39, 0.29) is 17.0 Å². The molecule has 0 saturated heterocycles. The van der Waals surface area contributed by atoms with Gasteiger partial charge in [0.15, 0.2) is 0 Å². The number of phenols is 1. The van der Waals surface area contributed by atoms with Gasteiger partial charge in [-0.3, -0.25) is 0 Å². The number of rotatable bonds is 4. The number of amides is 2. The third-order valence-electron chi connectivity index (χ3n) is 2.03. The van der Waals surface area contributed by atoms with Gasteiger partial charge in [-0.15, -0.1) is 0 Å². The van der Waals surface area contributed by atoms with Gasteiger partial charge in [0.05, 0.1) is 11.3 Å². The molecule has 0 aliphatic rings. The summed E-state index contributed by atoms with van der Waals surface area (Å²) in [5.41, 5.74) is 0.130. The highest BCUT2D eigenvalue weighted by Gasteiger charge is 2.09. The summed E-state index contributed by atoms with van der Waals surface area (Å²) in [6.07, 6.45) is 0.803. The molecule has 2 amide bonds. The van der Waals surface area contributed by atoms with Crippen LogP contribution in [0.25, 0.3) is 0 Å². The van der Waals surface area contributed by atoms with E-state index >= 15 is 0 Å². The number of aromatic hydroxyl groups is 1. The van der Waals surface area contributed by atoms with Crippen LogP contribution < -0.4 is 10.6 Å². The first-order chi connectivity index (χ1) is 8.04. The normalized spacial score (nSPS) is 9.71. The largest absolute Gasteiger partial charge is 0.506 e. The standard InChI is InChI=1S/C11H14N2O4/c1-2-5-12-11(17)13-8-4-3-7(10(15)16)6-9(8)14/h3-4,6,14H,2,5H2,1H3,(H,15,16)(H2,12,13,17). The molecule has 0 aromatic heterocycles. The number of carboxylic acid groups (broad SMARTS) is 1. The second kappa shape index (κ2) is 5.74. The summed E-state index contributed by atoms with van der Waals surface area (Å²) in [6.45, 7) is 2.44. The number of phenolic OH excluding ortho intramolecular Hbond substituents is 1. The van der Waals surface area contributed by atoms with Crippen LogP contribution in [-0.2, 0) is 0 Å². The van der Waals surface area contributed by atoms with Crippen molar-refractivity contribution in [2.24, 2.45) is 0 Å². The minimum absolute atomic E-state index is 0.0398. The van der Waals surface area contributed by atoms with Gasteiger partial charge in [-0.05, 0) is 24.6 Å². The molecule has 0 atom stereocenters. The van der Waals surface area contributed by atoms with Gasteiger partial charge in [0.25, 0.3) is 0 Å². The molecule has 6 heteroatoms. The maximum Gasteiger partial charge on any atom is 0.335 e. The highest BCUT2D eigenvalue weighted by Crippen LogP contribution is 2.24. The Labute approximate surface area is 98.3 Å². The average molecular weight is 238 g/mol. The molecule has 0 saturated carbocycles. The van der Waals surface area contributed by atoms with E-state index in [4.69, 9.17) is 5.11 Å². The van der Waals surface area contributed by atoms with E-state index in [1.165, 1.54) is 12.1 Å². The Morgan fingerprint density at radius 2 is 2.06 bits per heavy atom. The number of benzene rings is 1. The first kappa shape index (κ1) is 12.8. The Hall–Kier alpha value is -2.24. The minimum atomic E-state index is -1.14. The molecule has 0 aliphatic carbocycles. The van der Waals surface area contributed by atoms with Crippen LogP contribution in [0.15, 0.2) is 18.2 Å². The molecule has 4 N–H and O–H groups in total. The molecule has 6 nitrogen and oxygen atoms in total. The molecule has 92 valence electrons. The number of hydrogen-bond acceptors (Lipinski definition) is 3. The fraction of sp³-hybridized carbons (Fsp3) is 0.273. The van der Waals surface area contributed by atoms with Gasteiger partial charge < -0.3 is 20.8 Å². The number of aromatic carboxylic acids is 1. The molecule has 0 unspecified atom stereocenters. The van der Waals surface area contributed by atoms with Gasteiger partial charge in [0, 0.05) is 6.54 Å². The van der Waals surface area contributed by atoms with Crippen LogP contribution in [-0.4, -0.2) is 28.8 Å². The molecule has 1 aromatic carbocycles. The highest BCUT2D eigenvalue weighted by atomic mass is 16.4. The fourth-order valence-corrected chi connectivity index (χ4v) is 1.18. The molecule has 1 rings (SSSR count). The first-order valence-electron chi connectivity index (χ1n) is 5.15. The van der Waals surface area contributed by atoms with Gasteiger partial charge in [0.1, 0.15) is 5.75 Å². The van der Waals surface area contributed by atoms with Crippen LogP contribution in [0.5, 0.6) is 5.75 Å². The van der Waals surface area contributed by atoms with Crippen LogP contribution in [0.4, 0.5) is 10.5 Å². The summed E-state index contributed by atoms with van der Waals surface area (Å²) in [5, 5.41) is 23.2. The third-order valence-corrected chi connectivity index (χ3v) is 2.03. The lowest BCUT2D eigenvalue weighted by Crippen LogP contribution is -2.29. The van der Waals surface area contributed by atoms with E-state index in [0.717, 1.165) is 12.5 Å². The Balaban J connectivity index is 2.72. The van der Waals surface area contributed by atoms with Crippen molar-refractivity contribution in [3.63, 3.8) is 0 Å². The number of carboxylic acids is 1. The number of carbonyl (C=O) groups excluding carboxylic acids is 1. The Morgan fingerprint density at radius 3 is 2.59 bits per heavy atom. The van der Waals surface area contributed by atoms with Gasteiger partial charge in [-0.2, -0.15) is 0 Å². The molecule has 1 aromatic rings.